The third-order valence-corrected chi connectivity index (χ3v) is 3.28. The Morgan fingerprint density at radius 1 is 1.47 bits per heavy atom. The fraction of sp³-hybridized carbons (Fsp3) is 0.833. The van der Waals surface area contributed by atoms with Gasteiger partial charge in [0.25, 0.3) is 0 Å². The number of amides is 1. The van der Waals surface area contributed by atoms with Crippen molar-refractivity contribution in [1.82, 2.24) is 5.32 Å². The van der Waals surface area contributed by atoms with Gasteiger partial charge in [-0.2, -0.15) is 0 Å². The topological polar surface area (TPSA) is 75.6 Å². The molecule has 5 heteroatoms. The average molecular weight is 243 g/mol. The highest BCUT2D eigenvalue weighted by molar-refractivity contribution is 5.79. The Kier molecular flexibility index (Phi) is 4.93. The Labute approximate surface area is 102 Å². The number of carbonyl (C=O) groups excluding carboxylic acids is 1. The monoisotopic (exact) mass is 243 g/mol. The first-order chi connectivity index (χ1) is 7.97. The number of hydrogen-bond acceptors (Lipinski definition) is 3. The molecule has 1 saturated carbocycles. The highest BCUT2D eigenvalue weighted by Gasteiger charge is 2.40. The predicted octanol–water partition coefficient (Wildman–Crippen LogP) is 1.32. The Morgan fingerprint density at radius 3 is 2.53 bits per heavy atom. The molecule has 98 valence electrons. The zero-order valence-electron chi connectivity index (χ0n) is 10.5. The molecule has 1 fully saturated rings. The van der Waals surface area contributed by atoms with Gasteiger partial charge in [0.15, 0.2) is 0 Å². The van der Waals surface area contributed by atoms with Crippen LogP contribution >= 0.6 is 0 Å². The maximum absolute atomic E-state index is 11.6. The van der Waals surface area contributed by atoms with Gasteiger partial charge in [-0.1, -0.05) is 6.92 Å². The van der Waals surface area contributed by atoms with E-state index in [1.165, 1.54) is 0 Å². The molecule has 0 aromatic heterocycles. The van der Waals surface area contributed by atoms with Gasteiger partial charge in [0.2, 0.25) is 5.91 Å². The lowest BCUT2D eigenvalue weighted by Gasteiger charge is -2.41. The first-order valence-corrected chi connectivity index (χ1v) is 6.12. The highest BCUT2D eigenvalue weighted by atomic mass is 16.5. The molecule has 0 heterocycles. The number of ether oxygens (including phenoxy) is 1. The van der Waals surface area contributed by atoms with Crippen LogP contribution in [0.4, 0.5) is 0 Å². The van der Waals surface area contributed by atoms with E-state index in [4.69, 9.17) is 9.84 Å². The summed E-state index contributed by atoms with van der Waals surface area (Å²) >= 11 is 0. The van der Waals surface area contributed by atoms with Gasteiger partial charge in [-0.15, -0.1) is 0 Å². The summed E-state index contributed by atoms with van der Waals surface area (Å²) in [6, 6.07) is 0. The van der Waals surface area contributed by atoms with Crippen LogP contribution in [0.5, 0.6) is 0 Å². The van der Waals surface area contributed by atoms with Gasteiger partial charge >= 0.3 is 5.97 Å². The fourth-order valence-electron chi connectivity index (χ4n) is 1.91. The first kappa shape index (κ1) is 14.0. The van der Waals surface area contributed by atoms with Crippen molar-refractivity contribution >= 4 is 11.9 Å². The Hall–Kier alpha value is -1.10. The van der Waals surface area contributed by atoms with E-state index in [1.807, 2.05) is 13.8 Å². The molecule has 1 unspecified atom stereocenters. The minimum Gasteiger partial charge on any atom is -0.481 e. The molecule has 0 radical (unpaired) electrons. The highest BCUT2D eigenvalue weighted by Crippen LogP contribution is 2.34. The van der Waals surface area contributed by atoms with Crippen LogP contribution in [0, 0.1) is 0 Å². The van der Waals surface area contributed by atoms with Gasteiger partial charge in [-0.25, -0.2) is 0 Å². The van der Waals surface area contributed by atoms with Gasteiger partial charge in [0.05, 0.1) is 18.1 Å². The van der Waals surface area contributed by atoms with Crippen molar-refractivity contribution in [3.63, 3.8) is 0 Å². The molecule has 0 aromatic rings. The molecule has 0 saturated heterocycles. The number of carboxylic acids is 1. The van der Waals surface area contributed by atoms with Crippen LogP contribution in [0.2, 0.25) is 0 Å². The summed E-state index contributed by atoms with van der Waals surface area (Å²) < 4.78 is 5.31. The summed E-state index contributed by atoms with van der Waals surface area (Å²) in [7, 11) is 0. The lowest BCUT2D eigenvalue weighted by molar-refractivity contribution is -0.141. The normalized spacial score (nSPS) is 19.2. The van der Waals surface area contributed by atoms with Gasteiger partial charge in [0.1, 0.15) is 6.61 Å². The molecule has 0 aromatic carbocycles. The van der Waals surface area contributed by atoms with E-state index in [0.29, 0.717) is 0 Å². The van der Waals surface area contributed by atoms with Crippen molar-refractivity contribution in [2.24, 2.45) is 0 Å². The van der Waals surface area contributed by atoms with Crippen molar-refractivity contribution < 1.29 is 19.4 Å². The van der Waals surface area contributed by atoms with Gasteiger partial charge in [0, 0.05) is 0 Å². The van der Waals surface area contributed by atoms with Crippen LogP contribution in [-0.2, 0) is 14.3 Å². The number of carbonyl (C=O) groups is 2. The van der Waals surface area contributed by atoms with Crippen LogP contribution < -0.4 is 5.32 Å². The largest absolute Gasteiger partial charge is 0.481 e. The number of hydrogen-bond donors (Lipinski definition) is 2. The zero-order chi connectivity index (χ0) is 12.9. The number of aliphatic carboxylic acids is 1. The van der Waals surface area contributed by atoms with E-state index in [0.717, 1.165) is 25.7 Å². The minimum absolute atomic E-state index is 0.00205. The molecule has 5 nitrogen and oxygen atoms in total. The second kappa shape index (κ2) is 6.00. The van der Waals surface area contributed by atoms with Crippen LogP contribution in [-0.4, -0.2) is 35.2 Å². The number of nitrogens with one attached hydrogen (secondary N) is 1. The smallest absolute Gasteiger partial charge is 0.305 e. The molecule has 1 atom stereocenters. The van der Waals surface area contributed by atoms with Crippen LogP contribution in [0.25, 0.3) is 0 Å². The summed E-state index contributed by atoms with van der Waals surface area (Å²) in [6.07, 6.45) is 3.37. The van der Waals surface area contributed by atoms with Gasteiger partial charge in [-0.3, -0.25) is 9.59 Å². The van der Waals surface area contributed by atoms with Crippen LogP contribution in [0.1, 0.15) is 46.0 Å². The third-order valence-electron chi connectivity index (χ3n) is 3.28. The summed E-state index contributed by atoms with van der Waals surface area (Å²) in [5.74, 6) is -1.08. The van der Waals surface area contributed by atoms with E-state index in [2.05, 4.69) is 5.32 Å². The number of rotatable bonds is 7. The predicted molar refractivity (Wildman–Crippen MR) is 62.7 cm³/mol. The van der Waals surface area contributed by atoms with E-state index in [-0.39, 0.29) is 25.0 Å². The molecule has 1 rings (SSSR count). The maximum atomic E-state index is 11.6. The Morgan fingerprint density at radius 2 is 2.12 bits per heavy atom. The molecule has 0 spiro atoms. The molecule has 2 N–H and O–H groups in total. The third kappa shape index (κ3) is 4.34. The van der Waals surface area contributed by atoms with Crippen LogP contribution in [0.3, 0.4) is 0 Å². The van der Waals surface area contributed by atoms with Crippen LogP contribution in [0.15, 0.2) is 0 Å². The molecule has 1 aliphatic carbocycles. The second-order valence-corrected chi connectivity index (χ2v) is 4.78. The van der Waals surface area contributed by atoms with E-state index in [9.17, 15) is 9.59 Å². The summed E-state index contributed by atoms with van der Waals surface area (Å²) in [5, 5.41) is 11.6. The summed E-state index contributed by atoms with van der Waals surface area (Å²) in [5.41, 5.74) is -0.526. The second-order valence-electron chi connectivity index (χ2n) is 4.78. The minimum atomic E-state index is -0.868. The fourth-order valence-corrected chi connectivity index (χ4v) is 1.91. The summed E-state index contributed by atoms with van der Waals surface area (Å²) in [6.45, 7) is 3.90. The van der Waals surface area contributed by atoms with E-state index < -0.39 is 11.5 Å². The molecule has 0 aliphatic heterocycles. The van der Waals surface area contributed by atoms with Crippen molar-refractivity contribution in [3.05, 3.63) is 0 Å². The zero-order valence-corrected chi connectivity index (χ0v) is 10.5. The molecular formula is C12H21NO4. The Balaban J connectivity index is 2.35. The van der Waals surface area contributed by atoms with Crippen molar-refractivity contribution in [1.29, 1.82) is 0 Å². The lowest BCUT2D eigenvalue weighted by Crippen LogP contribution is -2.55. The maximum Gasteiger partial charge on any atom is 0.305 e. The lowest BCUT2D eigenvalue weighted by atomic mass is 9.74. The molecule has 0 bridgehead atoms. The Bertz CT molecular complexity index is 286. The van der Waals surface area contributed by atoms with Gasteiger partial charge in [-0.05, 0) is 32.6 Å². The summed E-state index contributed by atoms with van der Waals surface area (Å²) in [4.78, 5) is 22.3. The SMILES string of the molecule is CCC(C)OCC(=O)NC1(CC(=O)O)CCC1. The van der Waals surface area contributed by atoms with Crippen molar-refractivity contribution in [3.8, 4) is 0 Å². The molecular weight excluding hydrogens is 222 g/mol. The standard InChI is InChI=1S/C12H21NO4/c1-3-9(2)17-8-10(14)13-12(5-4-6-12)7-11(15)16/h9H,3-8H2,1-2H3,(H,13,14)(H,15,16). The van der Waals surface area contributed by atoms with Crippen molar-refractivity contribution in [2.45, 2.75) is 57.6 Å². The number of carboxylic acid groups (broad SMARTS) is 1. The first-order valence-electron chi connectivity index (χ1n) is 6.12. The van der Waals surface area contributed by atoms with Gasteiger partial charge < -0.3 is 15.2 Å². The molecule has 1 amide bonds. The molecule has 17 heavy (non-hydrogen) atoms. The van der Waals surface area contributed by atoms with Crippen molar-refractivity contribution in [2.75, 3.05) is 6.61 Å². The van der Waals surface area contributed by atoms with E-state index >= 15 is 0 Å². The molecule has 1 aliphatic rings. The average Bonchev–Trinajstić information content (AvgIpc) is 2.22. The van der Waals surface area contributed by atoms with E-state index in [1.54, 1.807) is 0 Å². The quantitative estimate of drug-likeness (QED) is 0.707.